The second-order valence-electron chi connectivity index (χ2n) is 16.2. The maximum Gasteiger partial charge on any atom is 0.0591 e. The van der Waals surface area contributed by atoms with Crippen molar-refractivity contribution in [1.82, 2.24) is 0 Å². The summed E-state index contributed by atoms with van der Waals surface area (Å²) < 4.78 is 0. The maximum absolute atomic E-state index is 10.4. The van der Waals surface area contributed by atoms with Gasteiger partial charge in [-0.1, -0.05) is 87.3 Å². The zero-order valence-corrected chi connectivity index (χ0v) is 34.4. The summed E-state index contributed by atoms with van der Waals surface area (Å²) in [6.45, 7) is 28.2. The van der Waals surface area contributed by atoms with E-state index in [2.05, 4.69) is 72.6 Å². The van der Waals surface area contributed by atoms with Crippen LogP contribution in [0.5, 0.6) is 0 Å². The molecule has 0 saturated heterocycles. The minimum atomic E-state index is -0.507. The van der Waals surface area contributed by atoms with Gasteiger partial charge in [-0.3, -0.25) is 0 Å². The molecule has 5 aliphatic carbocycles. The Morgan fingerprint density at radius 3 is 1.92 bits per heavy atom. The molecule has 4 fully saturated rings. The van der Waals surface area contributed by atoms with Gasteiger partial charge in [-0.05, 0) is 155 Å². The van der Waals surface area contributed by atoms with Gasteiger partial charge in [0.05, 0.1) is 11.7 Å². The van der Waals surface area contributed by atoms with Crippen molar-refractivity contribution in [3.05, 3.63) is 24.8 Å². The summed E-state index contributed by atoms with van der Waals surface area (Å²) in [5.41, 5.74) is 2.40. The van der Waals surface area contributed by atoms with Crippen molar-refractivity contribution in [2.24, 2.45) is 58.2 Å². The van der Waals surface area contributed by atoms with E-state index < -0.39 is 5.60 Å². The molecule has 0 aliphatic heterocycles. The van der Waals surface area contributed by atoms with Crippen molar-refractivity contribution in [3.8, 4) is 25.7 Å². The van der Waals surface area contributed by atoms with Gasteiger partial charge in [0.1, 0.15) is 0 Å². The van der Waals surface area contributed by atoms with E-state index in [-0.39, 0.29) is 13.5 Å². The van der Waals surface area contributed by atoms with Crippen LogP contribution < -0.4 is 0 Å². The van der Waals surface area contributed by atoms with Crippen molar-refractivity contribution in [2.45, 2.75) is 185 Å². The number of fused-ring (bicyclic) bond motifs is 5. The second-order valence-corrected chi connectivity index (χ2v) is 16.2. The predicted molar refractivity (Wildman–Crippen MR) is 224 cm³/mol. The van der Waals surface area contributed by atoms with Gasteiger partial charge in [-0.2, -0.15) is 0 Å². The standard InChI is InChI=1S/C35H60O2.2C2H6.C2H4.2C2H2.CH4O.CH4/c1-23-19-25(22-28(36)20-23)21-26-10-13-30-29(24(26)2)12-15-32-31-14-11-27(9-7-8-16-33(3,4)37)34(31,5)17-18-35(30,32)6;6*1-2;/h12,23-28,30-32,36-37H,7-11,13-22H2,1-6H3;2*1-2H3;1-2H2;2*1-2H;2H,1H3;1H4. The molecule has 0 aromatic rings. The van der Waals surface area contributed by atoms with Gasteiger partial charge in [0.2, 0.25) is 0 Å². The lowest BCUT2D eigenvalue weighted by Crippen LogP contribution is -2.52. The summed E-state index contributed by atoms with van der Waals surface area (Å²) in [5.74, 6) is 6.54. The van der Waals surface area contributed by atoms with Gasteiger partial charge in [-0.15, -0.1) is 38.9 Å². The summed E-state index contributed by atoms with van der Waals surface area (Å²) in [4.78, 5) is 0. The lowest BCUT2D eigenvalue weighted by molar-refractivity contribution is -0.0792. The van der Waals surface area contributed by atoms with Gasteiger partial charge in [0.15, 0.2) is 0 Å². The van der Waals surface area contributed by atoms with Gasteiger partial charge < -0.3 is 15.3 Å². The zero-order chi connectivity index (χ0) is 38.6. The van der Waals surface area contributed by atoms with Crippen LogP contribution in [-0.2, 0) is 0 Å². The average molecular weight is 701 g/mol. The predicted octanol–water partition coefficient (Wildman–Crippen LogP) is 12.5. The van der Waals surface area contributed by atoms with Crippen molar-refractivity contribution in [2.75, 3.05) is 7.11 Å². The molecular weight excluding hydrogens is 613 g/mol. The lowest BCUT2D eigenvalue weighted by Gasteiger charge is -2.61. The van der Waals surface area contributed by atoms with E-state index in [1.54, 1.807) is 0 Å². The molecule has 0 aromatic heterocycles. The third kappa shape index (κ3) is 13.5. The molecule has 0 bridgehead atoms. The van der Waals surface area contributed by atoms with Gasteiger partial charge in [0, 0.05) is 7.11 Å². The summed E-state index contributed by atoms with van der Waals surface area (Å²) in [6, 6.07) is 0. The Balaban J connectivity index is -0.00000154. The van der Waals surface area contributed by atoms with Crippen LogP contribution in [-0.4, -0.2) is 34.1 Å². The second kappa shape index (κ2) is 26.3. The Kier molecular flexibility index (Phi) is 27.8. The number of aliphatic hydroxyl groups is 3. The van der Waals surface area contributed by atoms with Gasteiger partial charge >= 0.3 is 0 Å². The molecule has 3 N–H and O–H groups in total. The Bertz CT molecular complexity index is 910. The molecular formula is C47H88O3. The zero-order valence-electron chi connectivity index (χ0n) is 34.4. The molecule has 0 spiro atoms. The maximum atomic E-state index is 10.4. The van der Waals surface area contributed by atoms with E-state index in [1.165, 1.54) is 77.0 Å². The summed E-state index contributed by atoms with van der Waals surface area (Å²) in [7, 11) is 1.00. The summed E-state index contributed by atoms with van der Waals surface area (Å²) in [5, 5.41) is 27.5. The van der Waals surface area contributed by atoms with E-state index in [9.17, 15) is 10.2 Å². The fourth-order valence-electron chi connectivity index (χ4n) is 11.2. The molecule has 11 unspecified atom stereocenters. The lowest BCUT2D eigenvalue weighted by atomic mass is 9.44. The monoisotopic (exact) mass is 701 g/mol. The molecule has 4 saturated carbocycles. The Morgan fingerprint density at radius 2 is 1.38 bits per heavy atom. The van der Waals surface area contributed by atoms with Crippen LogP contribution in [0.3, 0.4) is 0 Å². The highest BCUT2D eigenvalue weighted by atomic mass is 16.3. The fraction of sp³-hybridized carbons (Fsp3) is 0.830. The van der Waals surface area contributed by atoms with Crippen molar-refractivity contribution in [1.29, 1.82) is 0 Å². The molecule has 294 valence electrons. The van der Waals surface area contributed by atoms with Crippen LogP contribution >= 0.6 is 0 Å². The van der Waals surface area contributed by atoms with Crippen LogP contribution in [0.15, 0.2) is 24.8 Å². The Morgan fingerprint density at radius 1 is 0.820 bits per heavy atom. The Hall–Kier alpha value is -1.52. The third-order valence-electron chi connectivity index (χ3n) is 13.2. The molecule has 11 atom stereocenters. The number of hydrogen-bond donors (Lipinski definition) is 3. The molecule has 3 nitrogen and oxygen atoms in total. The Labute approximate surface area is 315 Å². The van der Waals surface area contributed by atoms with Crippen LogP contribution in [0.4, 0.5) is 0 Å². The molecule has 5 aliphatic rings. The molecule has 0 heterocycles. The molecule has 0 aromatic carbocycles. The highest BCUT2D eigenvalue weighted by molar-refractivity contribution is 5.25. The molecule has 0 amide bonds. The normalized spacial score (nSPS) is 36.1. The molecule has 3 heteroatoms. The van der Waals surface area contributed by atoms with Crippen molar-refractivity contribution < 1.29 is 15.3 Å². The number of rotatable bonds is 7. The molecule has 5 rings (SSSR count). The van der Waals surface area contributed by atoms with E-state index in [0.717, 1.165) is 67.8 Å². The van der Waals surface area contributed by atoms with E-state index in [4.69, 9.17) is 5.11 Å². The minimum Gasteiger partial charge on any atom is -0.400 e. The highest BCUT2D eigenvalue weighted by Gasteiger charge is 2.60. The summed E-state index contributed by atoms with van der Waals surface area (Å²) >= 11 is 0. The first kappa shape index (κ1) is 52.8. The van der Waals surface area contributed by atoms with Crippen LogP contribution in [0.1, 0.15) is 173 Å². The van der Waals surface area contributed by atoms with Crippen molar-refractivity contribution in [3.63, 3.8) is 0 Å². The number of hydrogen-bond acceptors (Lipinski definition) is 3. The topological polar surface area (TPSA) is 60.7 Å². The number of unbranched alkanes of at least 4 members (excludes halogenated alkanes) is 1. The van der Waals surface area contributed by atoms with Crippen LogP contribution in [0.2, 0.25) is 0 Å². The number of allylic oxidation sites excluding steroid dienone is 2. The minimum absolute atomic E-state index is 0. The average Bonchev–Trinajstić information content (AvgIpc) is 3.44. The van der Waals surface area contributed by atoms with Gasteiger partial charge in [0.25, 0.3) is 0 Å². The van der Waals surface area contributed by atoms with Crippen molar-refractivity contribution >= 4 is 0 Å². The summed E-state index contributed by atoms with van der Waals surface area (Å²) in [6.07, 6.45) is 38.2. The number of terminal acetylenes is 2. The van der Waals surface area contributed by atoms with E-state index >= 15 is 0 Å². The largest absolute Gasteiger partial charge is 0.400 e. The van der Waals surface area contributed by atoms with Crippen LogP contribution in [0, 0.1) is 83.9 Å². The first-order valence-corrected chi connectivity index (χ1v) is 20.1. The molecule has 50 heavy (non-hydrogen) atoms. The first-order chi connectivity index (χ1) is 23.4. The highest BCUT2D eigenvalue weighted by Crippen LogP contribution is 2.69. The van der Waals surface area contributed by atoms with E-state index in [0.29, 0.717) is 16.7 Å². The smallest absolute Gasteiger partial charge is 0.0591 e. The van der Waals surface area contributed by atoms with E-state index in [1.807, 2.05) is 47.1 Å². The third-order valence-corrected chi connectivity index (χ3v) is 13.2. The van der Waals surface area contributed by atoms with Gasteiger partial charge in [-0.25, -0.2) is 0 Å². The number of aliphatic hydroxyl groups excluding tert-OH is 2. The SMILES string of the molecule is C.C#C.C#C.C=C.CC.CC.CC1CC(O)CC(CC2CCC3C(=CCC4C5CCC(CCCCC(C)(C)O)C5(C)CCC34C)C2C)C1.CO. The molecule has 0 radical (unpaired) electrons. The van der Waals surface area contributed by atoms with Crippen LogP contribution in [0.25, 0.3) is 0 Å². The first-order valence-electron chi connectivity index (χ1n) is 20.1. The fourth-order valence-corrected chi connectivity index (χ4v) is 11.2. The quantitative estimate of drug-likeness (QED) is 0.141.